The number of β-amino-alcohol motifs (C(OH)–C–C–N with tert-alkyl or cyclic N) is 1. The Hall–Kier alpha value is -2.35. The first-order valence-corrected chi connectivity index (χ1v) is 13.0. The van der Waals surface area contributed by atoms with Gasteiger partial charge in [-0.05, 0) is 78.6 Å². The van der Waals surface area contributed by atoms with Crippen LogP contribution in [-0.2, 0) is 6.42 Å². The lowest BCUT2D eigenvalue weighted by molar-refractivity contribution is 0.129. The number of thiazole rings is 1. The van der Waals surface area contributed by atoms with E-state index in [1.807, 2.05) is 60.8 Å². The van der Waals surface area contributed by atoms with E-state index in [-0.39, 0.29) is 17.2 Å². The third-order valence-electron chi connectivity index (χ3n) is 5.47. The van der Waals surface area contributed by atoms with E-state index in [0.717, 1.165) is 22.2 Å². The van der Waals surface area contributed by atoms with Gasteiger partial charge in [-0.15, -0.1) is 0 Å². The second-order valence-corrected chi connectivity index (χ2v) is 12.2. The molecule has 3 rings (SSSR count). The second-order valence-electron chi connectivity index (χ2n) is 11.2. The molecule has 1 heterocycles. The van der Waals surface area contributed by atoms with Crippen molar-refractivity contribution in [2.45, 2.75) is 78.2 Å². The quantitative estimate of drug-likeness (QED) is 0.358. The fourth-order valence-corrected chi connectivity index (χ4v) is 4.97. The van der Waals surface area contributed by atoms with E-state index in [1.165, 1.54) is 22.6 Å². The minimum absolute atomic E-state index is 0.0310. The van der Waals surface area contributed by atoms with E-state index >= 15 is 0 Å². The Kier molecular flexibility index (Phi) is 8.35. The van der Waals surface area contributed by atoms with Gasteiger partial charge in [0, 0.05) is 43.5 Å². The summed E-state index contributed by atoms with van der Waals surface area (Å²) in [6, 6.07) is 12.5. The molecular formula is C28H41N3O3S. The van der Waals surface area contributed by atoms with Gasteiger partial charge < -0.3 is 24.8 Å². The van der Waals surface area contributed by atoms with E-state index in [0.29, 0.717) is 17.5 Å². The molecule has 192 valence electrons. The predicted molar refractivity (Wildman–Crippen MR) is 147 cm³/mol. The number of benzene rings is 2. The molecule has 0 aliphatic heterocycles. The lowest BCUT2D eigenvalue weighted by Gasteiger charge is -2.29. The van der Waals surface area contributed by atoms with E-state index in [1.54, 1.807) is 0 Å². The van der Waals surface area contributed by atoms with Crippen molar-refractivity contribution in [1.82, 2.24) is 10.3 Å². The molecule has 1 atom stereocenters. The topological polar surface area (TPSA) is 66.8 Å². The second kappa shape index (κ2) is 10.7. The Balaban J connectivity index is 1.80. The summed E-state index contributed by atoms with van der Waals surface area (Å²) in [5.41, 5.74) is 3.47. The third kappa shape index (κ3) is 7.82. The zero-order valence-corrected chi connectivity index (χ0v) is 23.4. The van der Waals surface area contributed by atoms with Crippen molar-refractivity contribution < 1.29 is 14.6 Å². The minimum atomic E-state index is -0.719. The highest BCUT2D eigenvalue weighted by molar-refractivity contribution is 7.20. The number of nitrogens with one attached hydrogen (secondary N) is 1. The Labute approximate surface area is 214 Å². The van der Waals surface area contributed by atoms with Crippen molar-refractivity contribution >= 4 is 27.2 Å². The number of aliphatic hydroxyl groups is 1. The maximum atomic E-state index is 11.3. The summed E-state index contributed by atoms with van der Waals surface area (Å²) >= 11 is 1.47. The van der Waals surface area contributed by atoms with Gasteiger partial charge in [-0.25, -0.2) is 4.98 Å². The number of aromatic nitrogens is 1. The molecule has 1 aromatic heterocycles. The van der Waals surface area contributed by atoms with Crippen molar-refractivity contribution in [3.05, 3.63) is 47.5 Å². The Morgan fingerprint density at radius 2 is 1.71 bits per heavy atom. The number of ether oxygens (including phenoxy) is 2. The van der Waals surface area contributed by atoms with Crippen LogP contribution in [0.15, 0.2) is 36.4 Å². The molecule has 7 heteroatoms. The van der Waals surface area contributed by atoms with Gasteiger partial charge in [0.2, 0.25) is 0 Å². The molecule has 0 radical (unpaired) electrons. The number of fused-ring (bicyclic) bond motifs is 1. The Bertz CT molecular complexity index is 1110. The van der Waals surface area contributed by atoms with Crippen LogP contribution >= 0.6 is 11.3 Å². The van der Waals surface area contributed by atoms with Gasteiger partial charge in [0.05, 0.1) is 22.4 Å². The van der Waals surface area contributed by atoms with Crippen LogP contribution in [-0.4, -0.2) is 48.0 Å². The van der Waals surface area contributed by atoms with Gasteiger partial charge in [-0.2, -0.15) is 0 Å². The molecule has 35 heavy (non-hydrogen) atoms. The van der Waals surface area contributed by atoms with Crippen molar-refractivity contribution in [3.8, 4) is 10.9 Å². The van der Waals surface area contributed by atoms with Crippen molar-refractivity contribution in [3.63, 3.8) is 0 Å². The summed E-state index contributed by atoms with van der Waals surface area (Å²) < 4.78 is 12.9. The van der Waals surface area contributed by atoms with Crippen LogP contribution in [0.3, 0.4) is 0 Å². The summed E-state index contributed by atoms with van der Waals surface area (Å²) in [6.45, 7) is 14.7. The molecule has 0 saturated heterocycles. The first kappa shape index (κ1) is 27.2. The zero-order valence-electron chi connectivity index (χ0n) is 22.6. The van der Waals surface area contributed by atoms with Gasteiger partial charge in [0.15, 0.2) is 0 Å². The van der Waals surface area contributed by atoms with Crippen molar-refractivity contribution in [2.75, 3.05) is 25.5 Å². The summed E-state index contributed by atoms with van der Waals surface area (Å²) in [6.07, 6.45) is 0.162. The van der Waals surface area contributed by atoms with Crippen molar-refractivity contribution in [1.29, 1.82) is 0 Å². The Morgan fingerprint density at radius 1 is 1.06 bits per heavy atom. The van der Waals surface area contributed by atoms with Crippen LogP contribution in [0.2, 0.25) is 0 Å². The van der Waals surface area contributed by atoms with Gasteiger partial charge in [0.25, 0.3) is 5.19 Å². The van der Waals surface area contributed by atoms with E-state index in [4.69, 9.17) is 9.47 Å². The van der Waals surface area contributed by atoms with Gasteiger partial charge in [0.1, 0.15) is 11.4 Å². The lowest BCUT2D eigenvalue weighted by atomic mass is 9.94. The maximum Gasteiger partial charge on any atom is 0.274 e. The molecule has 6 nitrogen and oxygen atoms in total. The zero-order chi connectivity index (χ0) is 26.0. The van der Waals surface area contributed by atoms with E-state index < -0.39 is 6.10 Å². The number of hydrogen-bond donors (Lipinski definition) is 2. The smallest absolute Gasteiger partial charge is 0.274 e. The highest BCUT2D eigenvalue weighted by atomic mass is 32.1. The number of hydrogen-bond acceptors (Lipinski definition) is 7. The summed E-state index contributed by atoms with van der Waals surface area (Å²) in [7, 11) is 4.09. The number of nitrogens with zero attached hydrogens (tertiary/aromatic N) is 2. The molecule has 0 saturated carbocycles. The monoisotopic (exact) mass is 499 g/mol. The van der Waals surface area contributed by atoms with E-state index in [9.17, 15) is 5.11 Å². The van der Waals surface area contributed by atoms with Crippen LogP contribution in [0.4, 0.5) is 5.69 Å². The van der Waals surface area contributed by atoms with Crippen LogP contribution < -0.4 is 19.7 Å². The SMILES string of the molecule is CC(C)Oc1nc2cc(OC(C)(C)C)cc(C(O)CNC(C)(C)Cc3ccc(N(C)C)cc3)c2s1. The largest absolute Gasteiger partial charge is 0.488 e. The lowest BCUT2D eigenvalue weighted by Crippen LogP contribution is -2.43. The minimum Gasteiger partial charge on any atom is -0.488 e. The average Bonchev–Trinajstić information content (AvgIpc) is 3.11. The van der Waals surface area contributed by atoms with Crippen LogP contribution in [0.1, 0.15) is 65.7 Å². The van der Waals surface area contributed by atoms with Crippen molar-refractivity contribution in [2.24, 2.45) is 0 Å². The van der Waals surface area contributed by atoms with Gasteiger partial charge in [-0.3, -0.25) is 0 Å². The summed E-state index contributed by atoms with van der Waals surface area (Å²) in [5.74, 6) is 0.695. The predicted octanol–water partition coefficient (Wildman–Crippen LogP) is 5.97. The highest BCUT2D eigenvalue weighted by Crippen LogP contribution is 2.38. The number of rotatable bonds is 10. The molecule has 0 aliphatic carbocycles. The molecule has 0 bridgehead atoms. The molecule has 2 aromatic carbocycles. The normalized spacial score (nSPS) is 13.3. The fraction of sp³-hybridized carbons (Fsp3) is 0.536. The first-order chi connectivity index (χ1) is 16.2. The highest BCUT2D eigenvalue weighted by Gasteiger charge is 2.24. The number of aliphatic hydroxyl groups excluding tert-OH is 1. The molecule has 2 N–H and O–H groups in total. The van der Waals surface area contributed by atoms with E-state index in [2.05, 4.69) is 53.3 Å². The average molecular weight is 500 g/mol. The first-order valence-electron chi connectivity index (χ1n) is 12.2. The van der Waals surface area contributed by atoms with Crippen LogP contribution in [0, 0.1) is 0 Å². The fourth-order valence-electron chi connectivity index (χ4n) is 3.89. The Morgan fingerprint density at radius 3 is 2.29 bits per heavy atom. The number of anilines is 1. The maximum absolute atomic E-state index is 11.3. The van der Waals surface area contributed by atoms with Crippen LogP contribution in [0.25, 0.3) is 10.2 Å². The molecular weight excluding hydrogens is 458 g/mol. The van der Waals surface area contributed by atoms with Gasteiger partial charge >= 0.3 is 0 Å². The molecule has 0 aliphatic rings. The summed E-state index contributed by atoms with van der Waals surface area (Å²) in [4.78, 5) is 6.75. The standard InChI is InChI=1S/C28H41N3O3S/c1-18(2)33-26-30-23-15-21(34-27(3,4)5)14-22(25(23)35-26)24(32)17-29-28(6,7)16-19-10-12-20(13-11-19)31(8)9/h10-15,18,24,29,32H,16-17H2,1-9H3. The molecule has 0 fully saturated rings. The summed E-state index contributed by atoms with van der Waals surface area (Å²) in [5, 5.41) is 15.4. The molecule has 1 unspecified atom stereocenters. The molecule has 0 amide bonds. The molecule has 0 spiro atoms. The third-order valence-corrected chi connectivity index (χ3v) is 6.48. The van der Waals surface area contributed by atoms with Crippen LogP contribution in [0.5, 0.6) is 10.9 Å². The van der Waals surface area contributed by atoms with Gasteiger partial charge in [-0.1, -0.05) is 23.5 Å². The molecule has 3 aromatic rings.